The van der Waals surface area contributed by atoms with Crippen molar-refractivity contribution in [2.45, 2.75) is 24.9 Å². The normalized spacial score (nSPS) is 12.5. The van der Waals surface area contributed by atoms with Gasteiger partial charge in [-0.2, -0.15) is 10.5 Å². The molecule has 2 N–H and O–H groups in total. The number of anilines is 2. The van der Waals surface area contributed by atoms with Crippen LogP contribution in [0.1, 0.15) is 22.3 Å². The maximum atomic E-state index is 9.50. The molecule has 0 saturated carbocycles. The van der Waals surface area contributed by atoms with E-state index in [1.54, 1.807) is 0 Å². The van der Waals surface area contributed by atoms with E-state index in [1.165, 1.54) is 11.1 Å². The van der Waals surface area contributed by atoms with Gasteiger partial charge in [0.2, 0.25) is 0 Å². The molecule has 0 radical (unpaired) electrons. The topological polar surface area (TPSA) is 71.6 Å². The zero-order valence-corrected chi connectivity index (χ0v) is 21.2. The summed E-state index contributed by atoms with van der Waals surface area (Å²) in [6, 6.07) is 40.2. The Morgan fingerprint density at radius 3 is 1.24 bits per heavy atom. The number of nitrogens with zero attached hydrogens (tertiary/aromatic N) is 2. The van der Waals surface area contributed by atoms with Crippen LogP contribution < -0.4 is 10.6 Å². The fourth-order valence-electron chi connectivity index (χ4n) is 3.97. The van der Waals surface area contributed by atoms with Crippen LogP contribution in [0, 0.1) is 22.7 Å². The summed E-state index contributed by atoms with van der Waals surface area (Å²) in [5.74, 6) is 0. The van der Waals surface area contributed by atoms with Gasteiger partial charge in [0.1, 0.15) is 12.1 Å². The summed E-state index contributed by atoms with van der Waals surface area (Å²) in [4.78, 5) is 0. The van der Waals surface area contributed by atoms with E-state index < -0.39 is 12.1 Å². The van der Waals surface area contributed by atoms with Crippen LogP contribution in [0.25, 0.3) is 12.2 Å². The molecule has 4 rings (SSSR count). The molecule has 4 aromatic carbocycles. The average molecular weight is 495 g/mol. The van der Waals surface area contributed by atoms with Crippen LogP contribution in [-0.2, 0) is 12.8 Å². The lowest BCUT2D eigenvalue weighted by Crippen LogP contribution is -2.14. The molecule has 0 aliphatic rings. The highest BCUT2D eigenvalue weighted by molar-refractivity contribution is 5.55. The summed E-state index contributed by atoms with van der Waals surface area (Å²) < 4.78 is 0. The van der Waals surface area contributed by atoms with E-state index in [2.05, 4.69) is 47.0 Å². The molecule has 0 bridgehead atoms. The van der Waals surface area contributed by atoms with Gasteiger partial charge in [-0.1, -0.05) is 97.1 Å². The third-order valence-electron chi connectivity index (χ3n) is 6.09. The maximum absolute atomic E-state index is 9.50. The molecule has 0 heterocycles. The molecule has 0 aliphatic carbocycles. The number of hydrogen-bond acceptors (Lipinski definition) is 4. The smallest absolute Gasteiger partial charge is 0.133 e. The number of hydrogen-bond donors (Lipinski definition) is 2. The van der Waals surface area contributed by atoms with E-state index in [0.29, 0.717) is 0 Å². The van der Waals surface area contributed by atoms with E-state index in [4.69, 9.17) is 0 Å². The largest absolute Gasteiger partial charge is 0.367 e. The van der Waals surface area contributed by atoms with Crippen LogP contribution >= 0.6 is 0 Å². The minimum absolute atomic E-state index is 0.400. The van der Waals surface area contributed by atoms with Crippen LogP contribution in [0.4, 0.5) is 11.4 Å². The average Bonchev–Trinajstić information content (AvgIpc) is 2.98. The maximum Gasteiger partial charge on any atom is 0.133 e. The molecule has 4 nitrogen and oxygen atoms in total. The van der Waals surface area contributed by atoms with E-state index >= 15 is 0 Å². The van der Waals surface area contributed by atoms with Crippen LogP contribution in [-0.4, -0.2) is 12.1 Å². The Morgan fingerprint density at radius 1 is 0.526 bits per heavy atom. The van der Waals surface area contributed by atoms with Gasteiger partial charge in [-0.15, -0.1) is 0 Å². The molecule has 2 unspecified atom stereocenters. The standard InChI is InChI=1S/C34H30N4/c35-25-33(23-17-27-7-3-1-4-8-27)37-31-19-13-29(14-20-31)11-12-30-15-21-32(22-16-30)38-34(26-36)24-18-28-9-5-2-6-10-28/h1-10,13-24,33-34,37-38H,11-12H2/b23-17+,24-18+. The Balaban J connectivity index is 1.26. The Morgan fingerprint density at radius 2 is 0.895 bits per heavy atom. The van der Waals surface area contributed by atoms with Gasteiger partial charge in [0, 0.05) is 11.4 Å². The van der Waals surface area contributed by atoms with Crippen molar-refractivity contribution in [3.63, 3.8) is 0 Å². The second kappa shape index (κ2) is 13.9. The molecule has 186 valence electrons. The molecule has 0 amide bonds. The Labute approximate surface area is 225 Å². The minimum atomic E-state index is -0.400. The van der Waals surface area contributed by atoms with Crippen molar-refractivity contribution < 1.29 is 0 Å². The first-order chi connectivity index (χ1) is 18.7. The lowest BCUT2D eigenvalue weighted by atomic mass is 10.0. The summed E-state index contributed by atoms with van der Waals surface area (Å²) in [5.41, 5.74) is 6.45. The fourth-order valence-corrected chi connectivity index (χ4v) is 3.97. The molecule has 2 atom stereocenters. The third kappa shape index (κ3) is 8.26. The molecule has 0 fully saturated rings. The predicted octanol–water partition coefficient (Wildman–Crippen LogP) is 7.51. The summed E-state index contributed by atoms with van der Waals surface area (Å²) in [6.45, 7) is 0. The summed E-state index contributed by atoms with van der Waals surface area (Å²) >= 11 is 0. The molecule has 4 heteroatoms. The number of nitrogens with one attached hydrogen (secondary N) is 2. The van der Waals surface area contributed by atoms with E-state index in [-0.39, 0.29) is 0 Å². The molecule has 0 aromatic heterocycles. The molecule has 0 aliphatic heterocycles. The van der Waals surface area contributed by atoms with E-state index in [1.807, 2.05) is 109 Å². The van der Waals surface area contributed by atoms with Gasteiger partial charge in [0.05, 0.1) is 12.1 Å². The van der Waals surface area contributed by atoms with Crippen molar-refractivity contribution in [3.8, 4) is 12.1 Å². The van der Waals surface area contributed by atoms with Crippen molar-refractivity contribution in [2.24, 2.45) is 0 Å². The molecule has 4 aromatic rings. The van der Waals surface area contributed by atoms with Crippen molar-refractivity contribution in [1.82, 2.24) is 0 Å². The van der Waals surface area contributed by atoms with Gasteiger partial charge in [-0.3, -0.25) is 0 Å². The van der Waals surface area contributed by atoms with E-state index in [0.717, 1.165) is 35.3 Å². The summed E-state index contributed by atoms with van der Waals surface area (Å²) in [5, 5.41) is 25.5. The SMILES string of the molecule is N#CC(/C=C/c1ccccc1)Nc1ccc(CCc2ccc(NC(C#N)/C=C/c3ccccc3)cc2)cc1. The second-order valence-corrected chi connectivity index (χ2v) is 8.94. The molecule has 0 saturated heterocycles. The van der Waals surface area contributed by atoms with Gasteiger partial charge in [-0.05, 0) is 71.5 Å². The zero-order valence-electron chi connectivity index (χ0n) is 21.2. The molecule has 0 spiro atoms. The van der Waals surface area contributed by atoms with Gasteiger partial charge in [0.15, 0.2) is 0 Å². The molecule has 38 heavy (non-hydrogen) atoms. The van der Waals surface area contributed by atoms with Crippen molar-refractivity contribution in [2.75, 3.05) is 10.6 Å². The van der Waals surface area contributed by atoms with Crippen molar-refractivity contribution in [3.05, 3.63) is 144 Å². The zero-order chi connectivity index (χ0) is 26.4. The lowest BCUT2D eigenvalue weighted by Gasteiger charge is -2.11. The minimum Gasteiger partial charge on any atom is -0.367 e. The van der Waals surface area contributed by atoms with Gasteiger partial charge >= 0.3 is 0 Å². The quantitative estimate of drug-likeness (QED) is 0.226. The van der Waals surface area contributed by atoms with Crippen molar-refractivity contribution >= 4 is 23.5 Å². The van der Waals surface area contributed by atoms with Crippen LogP contribution in [0.2, 0.25) is 0 Å². The first-order valence-electron chi connectivity index (χ1n) is 12.7. The molecular weight excluding hydrogens is 464 g/mol. The highest BCUT2D eigenvalue weighted by atomic mass is 14.9. The predicted molar refractivity (Wildman–Crippen MR) is 157 cm³/mol. The van der Waals surface area contributed by atoms with Crippen LogP contribution in [0.15, 0.2) is 121 Å². The van der Waals surface area contributed by atoms with E-state index in [9.17, 15) is 10.5 Å². The van der Waals surface area contributed by atoms with Gasteiger partial charge in [0.25, 0.3) is 0 Å². The van der Waals surface area contributed by atoms with Gasteiger partial charge in [-0.25, -0.2) is 0 Å². The number of rotatable bonds is 11. The number of aryl methyl sites for hydroxylation is 2. The monoisotopic (exact) mass is 494 g/mol. The van der Waals surface area contributed by atoms with Crippen LogP contribution in [0.3, 0.4) is 0 Å². The van der Waals surface area contributed by atoms with Gasteiger partial charge < -0.3 is 10.6 Å². The Hall–Kier alpha value is -5.06. The highest BCUT2D eigenvalue weighted by Crippen LogP contribution is 2.16. The molecular formula is C34H30N4. The Kier molecular flexibility index (Phi) is 9.50. The summed E-state index contributed by atoms with van der Waals surface area (Å²) in [6.07, 6.45) is 9.50. The first-order valence-corrected chi connectivity index (χ1v) is 12.7. The fraction of sp³-hybridized carbons (Fsp3) is 0.118. The van der Waals surface area contributed by atoms with Crippen molar-refractivity contribution in [1.29, 1.82) is 10.5 Å². The lowest BCUT2D eigenvalue weighted by molar-refractivity contribution is 0.959. The number of benzene rings is 4. The Bertz CT molecular complexity index is 1300. The number of nitriles is 2. The van der Waals surface area contributed by atoms with Crippen LogP contribution in [0.5, 0.6) is 0 Å². The first kappa shape index (κ1) is 26.0. The summed E-state index contributed by atoms with van der Waals surface area (Å²) in [7, 11) is 0. The second-order valence-electron chi connectivity index (χ2n) is 8.94. The third-order valence-corrected chi connectivity index (χ3v) is 6.09. The highest BCUT2D eigenvalue weighted by Gasteiger charge is 2.05.